The minimum absolute atomic E-state index is 0.0361. The number of halogens is 5. The molecule has 8 heteroatoms. The molecule has 1 aromatic carbocycles. The smallest absolute Gasteiger partial charge is 0.341 e. The predicted octanol–water partition coefficient (Wildman–Crippen LogP) is 3.76. The van der Waals surface area contributed by atoms with E-state index in [9.17, 15) is 26.7 Å². The van der Waals surface area contributed by atoms with Gasteiger partial charge in [0.2, 0.25) is 5.91 Å². The molecule has 0 N–H and O–H groups in total. The highest BCUT2D eigenvalue weighted by molar-refractivity contribution is 5.78. The van der Waals surface area contributed by atoms with E-state index in [1.165, 1.54) is 11.0 Å². The minimum Gasteiger partial charge on any atom is -0.341 e. The van der Waals surface area contributed by atoms with Crippen molar-refractivity contribution in [3.8, 4) is 0 Å². The van der Waals surface area contributed by atoms with Gasteiger partial charge in [0.05, 0.1) is 12.5 Å². The van der Waals surface area contributed by atoms with Crippen molar-refractivity contribution in [1.82, 2.24) is 9.80 Å². The summed E-state index contributed by atoms with van der Waals surface area (Å²) in [6.45, 7) is 1.61. The Labute approximate surface area is 143 Å². The van der Waals surface area contributed by atoms with Gasteiger partial charge in [0.1, 0.15) is 0 Å². The van der Waals surface area contributed by atoms with Crippen LogP contribution < -0.4 is 0 Å². The van der Waals surface area contributed by atoms with Gasteiger partial charge in [-0.3, -0.25) is 9.69 Å². The van der Waals surface area contributed by atoms with Crippen LogP contribution in [0, 0.1) is 17.6 Å². The van der Waals surface area contributed by atoms with E-state index in [0.717, 1.165) is 12.1 Å². The first-order valence-electron chi connectivity index (χ1n) is 8.09. The lowest BCUT2D eigenvalue weighted by atomic mass is 9.97. The Bertz CT molecular complexity index is 620. The Hall–Kier alpha value is -1.70. The summed E-state index contributed by atoms with van der Waals surface area (Å²) in [5.41, 5.74) is 0.487. The van der Waals surface area contributed by atoms with Gasteiger partial charge in [-0.1, -0.05) is 6.07 Å². The molecule has 1 aliphatic rings. The molecule has 0 bridgehead atoms. The molecule has 3 nitrogen and oxygen atoms in total. The molecule has 1 aromatic rings. The van der Waals surface area contributed by atoms with Gasteiger partial charge in [-0.05, 0) is 44.5 Å². The molecule has 1 heterocycles. The van der Waals surface area contributed by atoms with Crippen molar-refractivity contribution in [2.45, 2.75) is 32.0 Å². The van der Waals surface area contributed by atoms with Gasteiger partial charge in [0, 0.05) is 19.1 Å². The number of amides is 1. The number of hydrogen-bond donors (Lipinski definition) is 0. The van der Waals surface area contributed by atoms with Crippen LogP contribution >= 0.6 is 0 Å². The topological polar surface area (TPSA) is 23.6 Å². The molecule has 1 aliphatic heterocycles. The molecule has 25 heavy (non-hydrogen) atoms. The number of likely N-dealkylation sites (tertiary alicyclic amines) is 1. The summed E-state index contributed by atoms with van der Waals surface area (Å²) in [4.78, 5) is 15.2. The van der Waals surface area contributed by atoms with Crippen molar-refractivity contribution >= 4 is 5.91 Å². The Balaban J connectivity index is 1.98. The second-order valence-electron chi connectivity index (χ2n) is 6.49. The fourth-order valence-corrected chi connectivity index (χ4v) is 2.95. The van der Waals surface area contributed by atoms with E-state index in [0.29, 0.717) is 18.5 Å². The van der Waals surface area contributed by atoms with Crippen molar-refractivity contribution in [2.24, 2.45) is 5.92 Å². The third kappa shape index (κ3) is 4.90. The molecule has 1 saturated heterocycles. The van der Waals surface area contributed by atoms with Crippen LogP contribution in [0.4, 0.5) is 22.0 Å². The zero-order chi connectivity index (χ0) is 18.8. The quantitative estimate of drug-likeness (QED) is 0.760. The number of carbonyl (C=O) groups excluding carboxylic acids is 1. The number of hydrogen-bond acceptors (Lipinski definition) is 2. The highest BCUT2D eigenvalue weighted by Crippen LogP contribution is 2.33. The molecule has 0 spiro atoms. The summed E-state index contributed by atoms with van der Waals surface area (Å²) < 4.78 is 64.9. The molecule has 140 valence electrons. The average molecular weight is 364 g/mol. The molecule has 2 atom stereocenters. The molecule has 0 aromatic heterocycles. The van der Waals surface area contributed by atoms with Crippen LogP contribution in [0.1, 0.15) is 31.4 Å². The van der Waals surface area contributed by atoms with Gasteiger partial charge in [-0.2, -0.15) is 13.2 Å². The van der Waals surface area contributed by atoms with E-state index in [-0.39, 0.29) is 25.6 Å². The van der Waals surface area contributed by atoms with E-state index in [1.807, 2.05) is 0 Å². The lowest BCUT2D eigenvalue weighted by Crippen LogP contribution is -2.47. The van der Waals surface area contributed by atoms with E-state index >= 15 is 0 Å². The van der Waals surface area contributed by atoms with Gasteiger partial charge in [-0.15, -0.1) is 0 Å². The van der Waals surface area contributed by atoms with Crippen molar-refractivity contribution in [3.63, 3.8) is 0 Å². The normalized spacial score (nSPS) is 20.0. The lowest BCUT2D eigenvalue weighted by molar-refractivity contribution is -0.188. The third-order valence-electron chi connectivity index (χ3n) is 4.71. The SMILES string of the molecule is CC(c1ccc(F)c(F)c1)N(C)CC(=O)N1CCCC(C(F)(F)F)C1. The highest BCUT2D eigenvalue weighted by Gasteiger charge is 2.42. The molecule has 1 fully saturated rings. The molecule has 0 saturated carbocycles. The largest absolute Gasteiger partial charge is 0.393 e. The van der Waals surface area contributed by atoms with E-state index < -0.39 is 29.6 Å². The molecular weight excluding hydrogens is 343 g/mol. The number of likely N-dealkylation sites (N-methyl/N-ethyl adjacent to an activating group) is 1. The highest BCUT2D eigenvalue weighted by atomic mass is 19.4. The Morgan fingerprint density at radius 1 is 1.32 bits per heavy atom. The summed E-state index contributed by atoms with van der Waals surface area (Å²) in [5, 5.41) is 0. The van der Waals surface area contributed by atoms with Crippen LogP contribution in [0.3, 0.4) is 0 Å². The standard InChI is InChI=1S/C17H21F5N2O/c1-11(12-5-6-14(18)15(19)8-12)23(2)10-16(25)24-7-3-4-13(9-24)17(20,21)22/h5-6,8,11,13H,3-4,7,9-10H2,1-2H3. The number of carbonyl (C=O) groups is 1. The number of nitrogens with zero attached hydrogens (tertiary/aromatic N) is 2. The summed E-state index contributed by atoms with van der Waals surface area (Å²) in [5.74, 6) is -3.82. The van der Waals surface area contributed by atoms with Crippen molar-refractivity contribution in [1.29, 1.82) is 0 Å². The van der Waals surface area contributed by atoms with Gasteiger partial charge in [-0.25, -0.2) is 8.78 Å². The molecular formula is C17H21F5N2O. The van der Waals surface area contributed by atoms with Gasteiger partial charge < -0.3 is 4.90 Å². The van der Waals surface area contributed by atoms with Crippen molar-refractivity contribution in [3.05, 3.63) is 35.4 Å². The molecule has 2 rings (SSSR count). The van der Waals surface area contributed by atoms with Crippen LogP contribution in [-0.4, -0.2) is 48.6 Å². The molecule has 2 unspecified atom stereocenters. The molecule has 0 aliphatic carbocycles. The Morgan fingerprint density at radius 3 is 2.60 bits per heavy atom. The lowest BCUT2D eigenvalue weighted by Gasteiger charge is -2.35. The number of piperidine rings is 1. The predicted molar refractivity (Wildman–Crippen MR) is 82.8 cm³/mol. The summed E-state index contributed by atoms with van der Waals surface area (Å²) in [6, 6.07) is 3.10. The summed E-state index contributed by atoms with van der Waals surface area (Å²) in [7, 11) is 1.62. The van der Waals surface area contributed by atoms with Crippen LogP contribution in [0.25, 0.3) is 0 Å². The maximum atomic E-state index is 13.3. The molecule has 1 amide bonds. The average Bonchev–Trinajstić information content (AvgIpc) is 2.56. The zero-order valence-electron chi connectivity index (χ0n) is 14.1. The fourth-order valence-electron chi connectivity index (χ4n) is 2.95. The first-order valence-corrected chi connectivity index (χ1v) is 8.09. The number of benzene rings is 1. The van der Waals surface area contributed by atoms with Crippen molar-refractivity contribution in [2.75, 3.05) is 26.7 Å². The zero-order valence-corrected chi connectivity index (χ0v) is 14.1. The van der Waals surface area contributed by atoms with E-state index in [1.54, 1.807) is 18.9 Å². The molecule has 0 radical (unpaired) electrons. The summed E-state index contributed by atoms with van der Waals surface area (Å²) in [6.07, 6.45) is -3.95. The maximum absolute atomic E-state index is 13.3. The van der Waals surface area contributed by atoms with Crippen molar-refractivity contribution < 1.29 is 26.7 Å². The first-order chi connectivity index (χ1) is 11.6. The van der Waals surface area contributed by atoms with Crippen LogP contribution in [0.2, 0.25) is 0 Å². The second-order valence-corrected chi connectivity index (χ2v) is 6.49. The van der Waals surface area contributed by atoms with Crippen LogP contribution in [-0.2, 0) is 4.79 Å². The minimum atomic E-state index is -4.30. The maximum Gasteiger partial charge on any atom is 0.393 e. The monoisotopic (exact) mass is 364 g/mol. The van der Waals surface area contributed by atoms with Gasteiger partial charge >= 0.3 is 6.18 Å². The Kier molecular flexibility index (Phi) is 6.03. The number of rotatable bonds is 4. The number of alkyl halides is 3. The summed E-state index contributed by atoms with van der Waals surface area (Å²) >= 11 is 0. The second kappa shape index (κ2) is 7.68. The Morgan fingerprint density at radius 2 is 2.00 bits per heavy atom. The third-order valence-corrected chi connectivity index (χ3v) is 4.71. The fraction of sp³-hybridized carbons (Fsp3) is 0.588. The van der Waals surface area contributed by atoms with Crippen LogP contribution in [0.5, 0.6) is 0 Å². The van der Waals surface area contributed by atoms with E-state index in [4.69, 9.17) is 0 Å². The first kappa shape index (κ1) is 19.6. The van der Waals surface area contributed by atoms with Gasteiger partial charge in [0.25, 0.3) is 0 Å². The van der Waals surface area contributed by atoms with Crippen LogP contribution in [0.15, 0.2) is 18.2 Å². The van der Waals surface area contributed by atoms with Gasteiger partial charge in [0.15, 0.2) is 11.6 Å². The van der Waals surface area contributed by atoms with E-state index in [2.05, 4.69) is 0 Å².